The molecule has 6 nitrogen and oxygen atoms in total. The van der Waals surface area contributed by atoms with Crippen molar-refractivity contribution in [2.75, 3.05) is 5.32 Å². The van der Waals surface area contributed by atoms with Crippen LogP contribution in [0.2, 0.25) is 0 Å². The minimum Gasteiger partial charge on any atom is -0.352 e. The number of pyridine rings is 1. The van der Waals surface area contributed by atoms with Gasteiger partial charge in [0, 0.05) is 23.2 Å². The van der Waals surface area contributed by atoms with Gasteiger partial charge in [-0.1, -0.05) is 0 Å². The Labute approximate surface area is 150 Å². The molecule has 0 saturated heterocycles. The molecule has 0 spiro atoms. The summed E-state index contributed by atoms with van der Waals surface area (Å²) in [5.41, 5.74) is 0.102. The predicted molar refractivity (Wildman–Crippen MR) is 99.3 cm³/mol. The van der Waals surface area contributed by atoms with Crippen LogP contribution < -0.4 is 16.4 Å². The highest BCUT2D eigenvalue weighted by Crippen LogP contribution is 2.24. The van der Waals surface area contributed by atoms with Crippen molar-refractivity contribution in [1.82, 2.24) is 14.1 Å². The van der Waals surface area contributed by atoms with Crippen molar-refractivity contribution in [3.8, 4) is 0 Å². The van der Waals surface area contributed by atoms with Crippen molar-refractivity contribution in [3.63, 3.8) is 0 Å². The van der Waals surface area contributed by atoms with Crippen LogP contribution >= 0.6 is 22.6 Å². The van der Waals surface area contributed by atoms with Crippen LogP contribution in [0.5, 0.6) is 0 Å². The van der Waals surface area contributed by atoms with Crippen LogP contribution in [0.25, 0.3) is 11.0 Å². The van der Waals surface area contributed by atoms with E-state index >= 15 is 0 Å². The van der Waals surface area contributed by atoms with E-state index in [0.29, 0.717) is 12.2 Å². The van der Waals surface area contributed by atoms with Gasteiger partial charge in [-0.15, -0.1) is 0 Å². The van der Waals surface area contributed by atoms with Gasteiger partial charge in [0.1, 0.15) is 23.2 Å². The van der Waals surface area contributed by atoms with E-state index in [1.807, 2.05) is 29.5 Å². The molecule has 0 atom stereocenters. The molecule has 0 aliphatic heterocycles. The molecule has 2 heterocycles. The Bertz CT molecular complexity index is 1060. The third-order valence-electron chi connectivity index (χ3n) is 3.75. The topological polar surface area (TPSA) is 68.9 Å². The van der Waals surface area contributed by atoms with Gasteiger partial charge in [0.25, 0.3) is 11.1 Å². The number of aromatic nitrogens is 3. The fraction of sp³-hybridized carbons (Fsp3) is 0.188. The standard InChI is InChI=1S/C16H14FIN4O2/c1-3-22-8-19-15(24)14-12(7-13(23)21(2)16(14)22)20-11-5-4-9(18)6-10(11)17/h4-8,20H,3H2,1-2H3. The predicted octanol–water partition coefficient (Wildman–Crippen LogP) is 2.60. The molecular formula is C16H14FIN4O2. The molecule has 3 aromatic rings. The summed E-state index contributed by atoms with van der Waals surface area (Å²) in [4.78, 5) is 28.4. The Morgan fingerprint density at radius 2 is 2.00 bits per heavy atom. The number of hydrogen-bond acceptors (Lipinski definition) is 4. The molecule has 0 fully saturated rings. The largest absolute Gasteiger partial charge is 0.352 e. The molecule has 0 aliphatic carbocycles. The monoisotopic (exact) mass is 440 g/mol. The molecule has 2 aromatic heterocycles. The molecule has 0 amide bonds. The average molecular weight is 440 g/mol. The molecule has 0 unspecified atom stereocenters. The van der Waals surface area contributed by atoms with Crippen LogP contribution in [-0.2, 0) is 13.6 Å². The minimum atomic E-state index is -0.473. The number of anilines is 2. The molecule has 124 valence electrons. The molecule has 1 N–H and O–H groups in total. The van der Waals surface area contributed by atoms with Gasteiger partial charge in [-0.05, 0) is 47.7 Å². The van der Waals surface area contributed by atoms with Crippen LogP contribution in [0.4, 0.5) is 15.8 Å². The van der Waals surface area contributed by atoms with E-state index in [4.69, 9.17) is 0 Å². The Hall–Kier alpha value is -2.23. The molecule has 0 aliphatic rings. The second kappa shape index (κ2) is 6.34. The number of fused-ring (bicyclic) bond motifs is 1. The lowest BCUT2D eigenvalue weighted by Gasteiger charge is -2.15. The van der Waals surface area contributed by atoms with Gasteiger partial charge >= 0.3 is 0 Å². The smallest absolute Gasteiger partial charge is 0.284 e. The van der Waals surface area contributed by atoms with Gasteiger partial charge in [0.2, 0.25) is 0 Å². The molecule has 3 rings (SSSR count). The highest BCUT2D eigenvalue weighted by Gasteiger charge is 2.15. The molecular weight excluding hydrogens is 426 g/mol. The number of benzene rings is 1. The van der Waals surface area contributed by atoms with E-state index in [2.05, 4.69) is 10.3 Å². The van der Waals surface area contributed by atoms with Crippen LogP contribution in [0.1, 0.15) is 6.92 Å². The maximum Gasteiger partial charge on any atom is 0.284 e. The van der Waals surface area contributed by atoms with Gasteiger partial charge in [-0.3, -0.25) is 14.2 Å². The highest BCUT2D eigenvalue weighted by atomic mass is 127. The summed E-state index contributed by atoms with van der Waals surface area (Å²) in [7, 11) is 1.59. The van der Waals surface area contributed by atoms with E-state index in [1.165, 1.54) is 23.0 Å². The lowest BCUT2D eigenvalue weighted by atomic mass is 10.2. The van der Waals surface area contributed by atoms with Gasteiger partial charge in [-0.25, -0.2) is 4.39 Å². The van der Waals surface area contributed by atoms with Crippen molar-refractivity contribution in [2.24, 2.45) is 7.05 Å². The zero-order chi connectivity index (χ0) is 17.4. The lowest BCUT2D eigenvalue weighted by Crippen LogP contribution is -2.24. The summed E-state index contributed by atoms with van der Waals surface area (Å²) in [5.74, 6) is -0.463. The Kier molecular flexibility index (Phi) is 4.39. The van der Waals surface area contributed by atoms with E-state index in [1.54, 1.807) is 23.7 Å². The van der Waals surface area contributed by atoms with Crippen molar-refractivity contribution < 1.29 is 4.39 Å². The summed E-state index contributed by atoms with van der Waals surface area (Å²) in [6.07, 6.45) is 1.40. The lowest BCUT2D eigenvalue weighted by molar-refractivity contribution is 0.631. The van der Waals surface area contributed by atoms with Crippen molar-refractivity contribution in [2.45, 2.75) is 13.5 Å². The van der Waals surface area contributed by atoms with Crippen LogP contribution in [0.15, 0.2) is 40.2 Å². The van der Waals surface area contributed by atoms with E-state index in [0.717, 1.165) is 3.57 Å². The fourth-order valence-electron chi connectivity index (χ4n) is 2.54. The van der Waals surface area contributed by atoms with Crippen LogP contribution in [-0.4, -0.2) is 14.1 Å². The van der Waals surface area contributed by atoms with Crippen molar-refractivity contribution in [1.29, 1.82) is 0 Å². The second-order valence-electron chi connectivity index (χ2n) is 5.24. The Morgan fingerprint density at radius 3 is 2.67 bits per heavy atom. The second-order valence-corrected chi connectivity index (χ2v) is 6.48. The first-order valence-electron chi connectivity index (χ1n) is 7.23. The molecule has 0 radical (unpaired) electrons. The van der Waals surface area contributed by atoms with Crippen molar-refractivity contribution >= 4 is 45.0 Å². The van der Waals surface area contributed by atoms with E-state index in [-0.39, 0.29) is 22.3 Å². The van der Waals surface area contributed by atoms with Gasteiger partial charge < -0.3 is 9.88 Å². The summed E-state index contributed by atoms with van der Waals surface area (Å²) >= 11 is 2.01. The zero-order valence-corrected chi connectivity index (χ0v) is 15.2. The van der Waals surface area contributed by atoms with Crippen molar-refractivity contribution in [3.05, 3.63) is 60.7 Å². The minimum absolute atomic E-state index is 0.191. The average Bonchev–Trinajstić information content (AvgIpc) is 2.54. The Balaban J connectivity index is 2.31. The zero-order valence-electron chi connectivity index (χ0n) is 13.0. The first-order chi connectivity index (χ1) is 11.4. The first-order valence-corrected chi connectivity index (χ1v) is 8.31. The number of halogens is 2. The van der Waals surface area contributed by atoms with E-state index in [9.17, 15) is 14.0 Å². The van der Waals surface area contributed by atoms with Gasteiger partial charge in [0.05, 0.1) is 11.4 Å². The summed E-state index contributed by atoms with van der Waals surface area (Å²) in [6, 6.07) is 5.95. The highest BCUT2D eigenvalue weighted by molar-refractivity contribution is 14.1. The molecule has 0 saturated carbocycles. The quantitative estimate of drug-likeness (QED) is 0.636. The third kappa shape index (κ3) is 2.81. The van der Waals surface area contributed by atoms with Gasteiger partial charge in [0.15, 0.2) is 0 Å². The number of hydrogen-bond donors (Lipinski definition) is 1. The summed E-state index contributed by atoms with van der Waals surface area (Å²) in [6.45, 7) is 2.42. The maximum atomic E-state index is 14.1. The van der Waals surface area contributed by atoms with Crippen LogP contribution in [0, 0.1) is 9.39 Å². The SMILES string of the molecule is CCn1cnc(=O)c2c(Nc3ccc(I)cc3F)cc(=O)n(C)c21. The number of rotatable bonds is 3. The molecule has 24 heavy (non-hydrogen) atoms. The van der Waals surface area contributed by atoms with E-state index < -0.39 is 11.4 Å². The first kappa shape index (κ1) is 16.6. The summed E-state index contributed by atoms with van der Waals surface area (Å²) < 4.78 is 18.0. The number of nitrogens with zero attached hydrogens (tertiary/aromatic N) is 3. The maximum absolute atomic E-state index is 14.1. The molecule has 1 aromatic carbocycles. The fourth-order valence-corrected chi connectivity index (χ4v) is 2.99. The number of aryl methyl sites for hydroxylation is 2. The molecule has 0 bridgehead atoms. The molecule has 8 heteroatoms. The van der Waals surface area contributed by atoms with Gasteiger partial charge in [-0.2, -0.15) is 4.98 Å². The third-order valence-corrected chi connectivity index (χ3v) is 4.42. The number of nitrogens with one attached hydrogen (secondary N) is 1. The normalized spacial score (nSPS) is 11.0. The van der Waals surface area contributed by atoms with Crippen LogP contribution in [0.3, 0.4) is 0 Å². The summed E-state index contributed by atoms with van der Waals surface area (Å²) in [5, 5.41) is 3.11. The Morgan fingerprint density at radius 1 is 1.25 bits per heavy atom.